The van der Waals surface area contributed by atoms with Crippen molar-refractivity contribution in [3.63, 3.8) is 0 Å². The molecule has 1 aromatic heterocycles. The summed E-state index contributed by atoms with van der Waals surface area (Å²) in [5.41, 5.74) is 2.34. The first-order valence-electron chi connectivity index (χ1n) is 8.18. The number of nitrogens with zero attached hydrogens (tertiary/aromatic N) is 2. The van der Waals surface area contributed by atoms with Crippen LogP contribution in [0.2, 0.25) is 0 Å². The molecular formula is C17H29N3O. The third kappa shape index (κ3) is 5.73. The monoisotopic (exact) mass is 291 g/mol. The van der Waals surface area contributed by atoms with Crippen LogP contribution in [0.5, 0.6) is 0 Å². The van der Waals surface area contributed by atoms with Gasteiger partial charge in [0.05, 0.1) is 11.4 Å². The number of aromatic nitrogens is 1. The summed E-state index contributed by atoms with van der Waals surface area (Å²) in [6.45, 7) is 8.31. The first kappa shape index (κ1) is 16.4. The Hall–Kier alpha value is -0.970. The van der Waals surface area contributed by atoms with Gasteiger partial charge in [0, 0.05) is 26.8 Å². The molecule has 4 heteroatoms. The Morgan fingerprint density at radius 3 is 2.76 bits per heavy atom. The summed E-state index contributed by atoms with van der Waals surface area (Å²) in [5, 5.41) is 3.41. The van der Waals surface area contributed by atoms with E-state index in [2.05, 4.69) is 35.3 Å². The molecule has 0 aromatic carbocycles. The second kappa shape index (κ2) is 9.13. The predicted molar refractivity (Wildman–Crippen MR) is 86.1 cm³/mol. The number of nitrogens with one attached hydrogen (secondary N) is 1. The van der Waals surface area contributed by atoms with Crippen LogP contribution in [0.3, 0.4) is 0 Å². The summed E-state index contributed by atoms with van der Waals surface area (Å²) in [6.07, 6.45) is 3.65. The van der Waals surface area contributed by atoms with Crippen molar-refractivity contribution >= 4 is 0 Å². The van der Waals surface area contributed by atoms with Gasteiger partial charge in [-0.1, -0.05) is 13.0 Å². The van der Waals surface area contributed by atoms with Gasteiger partial charge in [0.1, 0.15) is 0 Å². The zero-order valence-electron chi connectivity index (χ0n) is 13.5. The highest BCUT2D eigenvalue weighted by molar-refractivity contribution is 5.11. The Labute approximate surface area is 128 Å². The number of rotatable bonds is 8. The largest absolute Gasteiger partial charge is 0.384 e. The lowest BCUT2D eigenvalue weighted by Gasteiger charge is -2.31. The van der Waals surface area contributed by atoms with E-state index in [9.17, 15) is 0 Å². The van der Waals surface area contributed by atoms with Crippen LogP contribution < -0.4 is 5.32 Å². The molecule has 1 aliphatic rings. The highest BCUT2D eigenvalue weighted by atomic mass is 16.5. The van der Waals surface area contributed by atoms with Gasteiger partial charge in [0.25, 0.3) is 0 Å². The molecule has 0 saturated carbocycles. The SMILES string of the molecule is CCCNCc1cccc(CN2CCC(COC)CC2)n1. The number of hydrogen-bond donors (Lipinski definition) is 1. The van der Waals surface area contributed by atoms with E-state index in [1.165, 1.54) is 18.5 Å². The van der Waals surface area contributed by atoms with E-state index in [-0.39, 0.29) is 0 Å². The average Bonchev–Trinajstić information content (AvgIpc) is 2.50. The molecule has 0 aliphatic carbocycles. The van der Waals surface area contributed by atoms with Gasteiger partial charge in [-0.15, -0.1) is 0 Å². The summed E-state index contributed by atoms with van der Waals surface area (Å²) in [5.74, 6) is 0.740. The van der Waals surface area contributed by atoms with Crippen molar-refractivity contribution in [1.82, 2.24) is 15.2 Å². The molecule has 0 amide bonds. The van der Waals surface area contributed by atoms with Crippen molar-refractivity contribution in [1.29, 1.82) is 0 Å². The zero-order valence-corrected chi connectivity index (χ0v) is 13.5. The van der Waals surface area contributed by atoms with Crippen molar-refractivity contribution in [2.45, 2.75) is 39.3 Å². The predicted octanol–water partition coefficient (Wildman–Crippen LogP) is 2.44. The van der Waals surface area contributed by atoms with Crippen LogP contribution >= 0.6 is 0 Å². The molecule has 1 saturated heterocycles. The fourth-order valence-corrected chi connectivity index (χ4v) is 2.89. The van der Waals surface area contributed by atoms with Crippen LogP contribution in [0.1, 0.15) is 37.6 Å². The van der Waals surface area contributed by atoms with Gasteiger partial charge in [0.2, 0.25) is 0 Å². The number of methoxy groups -OCH3 is 1. The van der Waals surface area contributed by atoms with E-state index in [0.29, 0.717) is 0 Å². The van der Waals surface area contributed by atoms with Gasteiger partial charge in [0.15, 0.2) is 0 Å². The van der Waals surface area contributed by atoms with Gasteiger partial charge in [-0.05, 0) is 56.9 Å². The van der Waals surface area contributed by atoms with E-state index in [4.69, 9.17) is 9.72 Å². The topological polar surface area (TPSA) is 37.4 Å². The maximum absolute atomic E-state index is 5.26. The van der Waals surface area contributed by atoms with E-state index in [0.717, 1.165) is 57.4 Å². The van der Waals surface area contributed by atoms with E-state index in [1.807, 2.05) is 0 Å². The Bertz CT molecular complexity index is 403. The van der Waals surface area contributed by atoms with Gasteiger partial charge < -0.3 is 10.1 Å². The minimum Gasteiger partial charge on any atom is -0.384 e. The quantitative estimate of drug-likeness (QED) is 0.747. The highest BCUT2D eigenvalue weighted by Gasteiger charge is 2.19. The molecule has 0 spiro atoms. The molecule has 0 atom stereocenters. The van der Waals surface area contributed by atoms with E-state index < -0.39 is 0 Å². The normalized spacial score (nSPS) is 17.2. The lowest BCUT2D eigenvalue weighted by molar-refractivity contribution is 0.0963. The number of piperidine rings is 1. The van der Waals surface area contributed by atoms with Crippen molar-refractivity contribution in [3.05, 3.63) is 29.6 Å². The van der Waals surface area contributed by atoms with Crippen molar-refractivity contribution in [2.24, 2.45) is 5.92 Å². The minimum atomic E-state index is 0.740. The van der Waals surface area contributed by atoms with Crippen LogP contribution in [0.15, 0.2) is 18.2 Å². The van der Waals surface area contributed by atoms with Gasteiger partial charge in [-0.25, -0.2) is 0 Å². The van der Waals surface area contributed by atoms with Crippen molar-refractivity contribution < 1.29 is 4.74 Å². The zero-order chi connectivity index (χ0) is 14.9. The van der Waals surface area contributed by atoms with E-state index >= 15 is 0 Å². The summed E-state index contributed by atoms with van der Waals surface area (Å²) in [7, 11) is 1.80. The first-order valence-corrected chi connectivity index (χ1v) is 8.18. The molecule has 118 valence electrons. The molecule has 1 N–H and O–H groups in total. The molecule has 0 bridgehead atoms. The Morgan fingerprint density at radius 2 is 2.05 bits per heavy atom. The molecule has 0 radical (unpaired) electrons. The van der Waals surface area contributed by atoms with Crippen LogP contribution in [0.4, 0.5) is 0 Å². The fourth-order valence-electron chi connectivity index (χ4n) is 2.89. The highest BCUT2D eigenvalue weighted by Crippen LogP contribution is 2.18. The summed E-state index contributed by atoms with van der Waals surface area (Å²) >= 11 is 0. The summed E-state index contributed by atoms with van der Waals surface area (Å²) in [4.78, 5) is 7.28. The molecule has 21 heavy (non-hydrogen) atoms. The second-order valence-corrected chi connectivity index (χ2v) is 5.97. The van der Waals surface area contributed by atoms with Crippen LogP contribution in [-0.2, 0) is 17.8 Å². The molecule has 1 fully saturated rings. The molecule has 0 unspecified atom stereocenters. The summed E-state index contributed by atoms with van der Waals surface area (Å²) < 4.78 is 5.26. The molecule has 2 rings (SSSR count). The fraction of sp³-hybridized carbons (Fsp3) is 0.706. The summed E-state index contributed by atoms with van der Waals surface area (Å²) in [6, 6.07) is 6.38. The maximum Gasteiger partial charge on any atom is 0.0547 e. The number of hydrogen-bond acceptors (Lipinski definition) is 4. The molecular weight excluding hydrogens is 262 g/mol. The third-order valence-electron chi connectivity index (χ3n) is 4.09. The molecule has 1 aliphatic heterocycles. The third-order valence-corrected chi connectivity index (χ3v) is 4.09. The number of pyridine rings is 1. The van der Waals surface area contributed by atoms with E-state index in [1.54, 1.807) is 7.11 Å². The maximum atomic E-state index is 5.26. The van der Waals surface area contributed by atoms with Gasteiger partial charge in [-0.3, -0.25) is 9.88 Å². The Balaban J connectivity index is 1.79. The number of ether oxygens (including phenoxy) is 1. The lowest BCUT2D eigenvalue weighted by atomic mass is 9.98. The number of likely N-dealkylation sites (tertiary alicyclic amines) is 1. The van der Waals surface area contributed by atoms with Gasteiger partial charge >= 0.3 is 0 Å². The van der Waals surface area contributed by atoms with Crippen LogP contribution in [0.25, 0.3) is 0 Å². The minimum absolute atomic E-state index is 0.740. The molecule has 1 aromatic rings. The lowest BCUT2D eigenvalue weighted by Crippen LogP contribution is -2.34. The first-order chi connectivity index (χ1) is 10.3. The van der Waals surface area contributed by atoms with Crippen LogP contribution in [-0.4, -0.2) is 43.2 Å². The standard InChI is InChI=1S/C17H29N3O/c1-3-9-18-12-16-5-4-6-17(19-16)13-20-10-7-15(8-11-20)14-21-2/h4-6,15,18H,3,7-14H2,1-2H3. The van der Waals surface area contributed by atoms with Gasteiger partial charge in [-0.2, -0.15) is 0 Å². The van der Waals surface area contributed by atoms with Crippen LogP contribution in [0, 0.1) is 5.92 Å². The molecule has 4 nitrogen and oxygen atoms in total. The van der Waals surface area contributed by atoms with Crippen molar-refractivity contribution in [2.75, 3.05) is 33.4 Å². The Kier molecular flexibility index (Phi) is 7.13. The second-order valence-electron chi connectivity index (χ2n) is 5.97. The molecule has 2 heterocycles. The average molecular weight is 291 g/mol. The smallest absolute Gasteiger partial charge is 0.0547 e. The van der Waals surface area contributed by atoms with Crippen molar-refractivity contribution in [3.8, 4) is 0 Å². The Morgan fingerprint density at radius 1 is 1.29 bits per heavy atom.